The maximum Gasteiger partial charge on any atom is 0.128 e. The minimum absolute atomic E-state index is 0.696. The van der Waals surface area contributed by atoms with Crippen LogP contribution in [0, 0.1) is 0 Å². The summed E-state index contributed by atoms with van der Waals surface area (Å²) in [6.07, 6.45) is 1.46. The molecule has 0 amide bonds. The minimum Gasteiger partial charge on any atom is -0.497 e. The van der Waals surface area contributed by atoms with Gasteiger partial charge in [-0.2, -0.15) is 0 Å². The maximum absolute atomic E-state index is 10.8. The molecule has 100 valence electrons. The monoisotopic (exact) mass is 251 g/mol. The number of hydrogen-bond donors (Lipinski definition) is 1. The molecular formula is C14H21NO3. The number of methoxy groups -OCH3 is 2. The summed E-state index contributed by atoms with van der Waals surface area (Å²) in [5.74, 6) is 1.44. The number of benzene rings is 1. The van der Waals surface area contributed by atoms with Crippen molar-refractivity contribution in [2.24, 2.45) is 0 Å². The normalized spacial score (nSPS) is 19.6. The van der Waals surface area contributed by atoms with Crippen LogP contribution in [0.15, 0.2) is 18.2 Å². The van der Waals surface area contributed by atoms with E-state index in [1.807, 2.05) is 18.2 Å². The van der Waals surface area contributed by atoms with E-state index in [1.54, 1.807) is 14.2 Å². The first-order valence-corrected chi connectivity index (χ1v) is 6.22. The van der Waals surface area contributed by atoms with Gasteiger partial charge < -0.3 is 19.5 Å². The van der Waals surface area contributed by atoms with Crippen LogP contribution in [0.1, 0.15) is 18.4 Å². The second-order valence-electron chi connectivity index (χ2n) is 4.90. The van der Waals surface area contributed by atoms with Crippen molar-refractivity contribution in [2.45, 2.75) is 18.4 Å². The van der Waals surface area contributed by atoms with Gasteiger partial charge in [-0.15, -0.1) is 0 Å². The van der Waals surface area contributed by atoms with Crippen molar-refractivity contribution in [3.63, 3.8) is 0 Å². The first-order chi connectivity index (χ1) is 8.59. The first-order valence-electron chi connectivity index (χ1n) is 6.22. The van der Waals surface area contributed by atoms with Crippen LogP contribution in [0.5, 0.6) is 11.5 Å². The number of aliphatic hydroxyl groups is 1. The molecular weight excluding hydrogens is 230 g/mol. The quantitative estimate of drug-likeness (QED) is 0.886. The third-order valence-corrected chi connectivity index (χ3v) is 3.72. The first kappa shape index (κ1) is 13.2. The summed E-state index contributed by atoms with van der Waals surface area (Å²) in [7, 11) is 5.32. The Labute approximate surface area is 108 Å². The molecule has 2 rings (SSSR count). The summed E-state index contributed by atoms with van der Waals surface area (Å²) in [5.41, 5.74) is 0.0725. The van der Waals surface area contributed by atoms with Gasteiger partial charge in [0, 0.05) is 24.7 Å². The molecule has 4 heteroatoms. The number of piperidine rings is 1. The van der Waals surface area contributed by atoms with Crippen molar-refractivity contribution in [3.8, 4) is 11.5 Å². The molecule has 4 nitrogen and oxygen atoms in total. The Bertz CT molecular complexity index is 412. The summed E-state index contributed by atoms with van der Waals surface area (Å²) in [5, 5.41) is 10.8. The van der Waals surface area contributed by atoms with Gasteiger partial charge in [0.1, 0.15) is 11.5 Å². The Balaban J connectivity index is 2.32. The predicted octanol–water partition coefficient (Wildman–Crippen LogP) is 1.62. The van der Waals surface area contributed by atoms with E-state index < -0.39 is 5.60 Å². The Morgan fingerprint density at radius 1 is 1.17 bits per heavy atom. The zero-order valence-corrected chi connectivity index (χ0v) is 11.3. The number of hydrogen-bond acceptors (Lipinski definition) is 4. The number of rotatable bonds is 3. The summed E-state index contributed by atoms with van der Waals surface area (Å²) in [6, 6.07) is 5.60. The van der Waals surface area contributed by atoms with Crippen LogP contribution in [0.25, 0.3) is 0 Å². The molecule has 0 bridgehead atoms. The highest BCUT2D eigenvalue weighted by atomic mass is 16.5. The van der Waals surface area contributed by atoms with Gasteiger partial charge in [0.15, 0.2) is 0 Å². The van der Waals surface area contributed by atoms with Crippen molar-refractivity contribution in [2.75, 3.05) is 34.4 Å². The molecule has 1 aliphatic heterocycles. The van der Waals surface area contributed by atoms with E-state index in [1.165, 1.54) is 0 Å². The highest BCUT2D eigenvalue weighted by Gasteiger charge is 2.35. The van der Waals surface area contributed by atoms with E-state index in [-0.39, 0.29) is 0 Å². The van der Waals surface area contributed by atoms with E-state index in [4.69, 9.17) is 9.47 Å². The van der Waals surface area contributed by atoms with Crippen molar-refractivity contribution in [1.29, 1.82) is 0 Å². The van der Waals surface area contributed by atoms with Gasteiger partial charge in [-0.3, -0.25) is 0 Å². The van der Waals surface area contributed by atoms with Crippen molar-refractivity contribution < 1.29 is 14.6 Å². The van der Waals surface area contributed by atoms with Crippen LogP contribution >= 0.6 is 0 Å². The van der Waals surface area contributed by atoms with Gasteiger partial charge in [-0.25, -0.2) is 0 Å². The fourth-order valence-corrected chi connectivity index (χ4v) is 2.44. The predicted molar refractivity (Wildman–Crippen MR) is 70.2 cm³/mol. The molecule has 1 aromatic carbocycles. The lowest BCUT2D eigenvalue weighted by atomic mass is 9.84. The largest absolute Gasteiger partial charge is 0.497 e. The smallest absolute Gasteiger partial charge is 0.128 e. The summed E-state index contributed by atoms with van der Waals surface area (Å²) >= 11 is 0. The molecule has 1 fully saturated rings. The Morgan fingerprint density at radius 3 is 2.39 bits per heavy atom. The second kappa shape index (κ2) is 5.16. The Kier molecular flexibility index (Phi) is 3.78. The SMILES string of the molecule is COc1ccc(C2(O)CCN(C)CC2)c(OC)c1. The zero-order valence-electron chi connectivity index (χ0n) is 11.3. The van der Waals surface area contributed by atoms with Gasteiger partial charge >= 0.3 is 0 Å². The van der Waals surface area contributed by atoms with Crippen LogP contribution in [-0.4, -0.2) is 44.4 Å². The fraction of sp³-hybridized carbons (Fsp3) is 0.571. The van der Waals surface area contributed by atoms with E-state index in [0.717, 1.165) is 37.2 Å². The molecule has 0 atom stereocenters. The molecule has 1 aliphatic rings. The Hall–Kier alpha value is -1.26. The molecule has 18 heavy (non-hydrogen) atoms. The van der Waals surface area contributed by atoms with Crippen LogP contribution in [0.4, 0.5) is 0 Å². The molecule has 1 saturated heterocycles. The summed E-state index contributed by atoms with van der Waals surface area (Å²) in [4.78, 5) is 2.23. The summed E-state index contributed by atoms with van der Waals surface area (Å²) < 4.78 is 10.6. The molecule has 0 aliphatic carbocycles. The number of likely N-dealkylation sites (tertiary alicyclic amines) is 1. The van der Waals surface area contributed by atoms with Gasteiger partial charge in [-0.05, 0) is 32.0 Å². The standard InChI is InChI=1S/C14H21NO3/c1-15-8-6-14(16,7-9-15)12-5-4-11(17-2)10-13(12)18-3/h4-5,10,16H,6-9H2,1-3H3. The van der Waals surface area contributed by atoms with Crippen LogP contribution < -0.4 is 9.47 Å². The fourth-order valence-electron chi connectivity index (χ4n) is 2.44. The van der Waals surface area contributed by atoms with Gasteiger partial charge in [0.2, 0.25) is 0 Å². The average molecular weight is 251 g/mol. The van der Waals surface area contributed by atoms with E-state index in [0.29, 0.717) is 5.75 Å². The lowest BCUT2D eigenvalue weighted by Gasteiger charge is -2.37. The zero-order chi connectivity index (χ0) is 13.2. The van der Waals surface area contributed by atoms with Crippen LogP contribution in [-0.2, 0) is 5.60 Å². The molecule has 0 radical (unpaired) electrons. The molecule has 1 heterocycles. The topological polar surface area (TPSA) is 41.9 Å². The molecule has 0 spiro atoms. The third kappa shape index (κ3) is 2.44. The highest BCUT2D eigenvalue weighted by molar-refractivity contribution is 5.44. The second-order valence-corrected chi connectivity index (χ2v) is 4.90. The van der Waals surface area contributed by atoms with Gasteiger partial charge in [0.05, 0.1) is 19.8 Å². The van der Waals surface area contributed by atoms with Crippen LogP contribution in [0.2, 0.25) is 0 Å². The minimum atomic E-state index is -0.788. The lowest BCUT2D eigenvalue weighted by Crippen LogP contribution is -2.40. The molecule has 0 saturated carbocycles. The summed E-state index contributed by atoms with van der Waals surface area (Å²) in [6.45, 7) is 1.79. The van der Waals surface area contributed by atoms with Crippen molar-refractivity contribution in [1.82, 2.24) is 4.90 Å². The molecule has 1 N–H and O–H groups in total. The average Bonchev–Trinajstić information content (AvgIpc) is 2.41. The lowest BCUT2D eigenvalue weighted by molar-refractivity contribution is -0.0219. The highest BCUT2D eigenvalue weighted by Crippen LogP contribution is 2.39. The van der Waals surface area contributed by atoms with Gasteiger partial charge in [0.25, 0.3) is 0 Å². The van der Waals surface area contributed by atoms with E-state index >= 15 is 0 Å². The Morgan fingerprint density at radius 2 is 1.83 bits per heavy atom. The number of ether oxygens (including phenoxy) is 2. The maximum atomic E-state index is 10.8. The molecule has 0 aromatic heterocycles. The van der Waals surface area contributed by atoms with E-state index in [2.05, 4.69) is 11.9 Å². The third-order valence-electron chi connectivity index (χ3n) is 3.72. The van der Waals surface area contributed by atoms with Crippen molar-refractivity contribution >= 4 is 0 Å². The van der Waals surface area contributed by atoms with E-state index in [9.17, 15) is 5.11 Å². The van der Waals surface area contributed by atoms with Crippen molar-refractivity contribution in [3.05, 3.63) is 23.8 Å². The number of nitrogens with zero attached hydrogens (tertiary/aromatic N) is 1. The molecule has 1 aromatic rings. The molecule has 0 unspecified atom stereocenters. The van der Waals surface area contributed by atoms with Gasteiger partial charge in [-0.1, -0.05) is 0 Å². The van der Waals surface area contributed by atoms with Crippen LogP contribution in [0.3, 0.4) is 0 Å².